The first-order valence-corrected chi connectivity index (χ1v) is 16.3. The molecule has 9 heteroatoms. The van der Waals surface area contributed by atoms with E-state index in [9.17, 15) is 8.42 Å². The Hall–Kier alpha value is -2.17. The number of benzene rings is 2. The molecule has 6 atom stereocenters. The molecule has 212 valence electrons. The lowest BCUT2D eigenvalue weighted by molar-refractivity contribution is -0.199. The number of para-hydroxylation sites is 1. The number of rotatable bonds is 8. The quantitative estimate of drug-likeness (QED) is 0.360. The molecular weight excluding hydrogens is 525 g/mol. The molecular formula is C31H38BNO6S. The van der Waals surface area contributed by atoms with Crippen molar-refractivity contribution in [2.24, 2.45) is 17.3 Å². The van der Waals surface area contributed by atoms with Crippen molar-refractivity contribution in [2.45, 2.75) is 82.4 Å². The third-order valence-electron chi connectivity index (χ3n) is 10.2. The van der Waals surface area contributed by atoms with Crippen molar-refractivity contribution in [3.05, 3.63) is 71.5 Å². The van der Waals surface area contributed by atoms with Crippen LogP contribution in [0.25, 0.3) is 11.0 Å². The van der Waals surface area contributed by atoms with Crippen LogP contribution in [0.5, 0.6) is 0 Å². The average molecular weight is 564 g/mol. The second-order valence-corrected chi connectivity index (χ2v) is 14.8. The molecule has 5 aliphatic rings. The predicted octanol–water partition coefficient (Wildman–Crippen LogP) is 5.58. The summed E-state index contributed by atoms with van der Waals surface area (Å²) < 4.78 is 55.3. The monoisotopic (exact) mass is 563 g/mol. The Balaban J connectivity index is 1.16. The first-order chi connectivity index (χ1) is 19.1. The summed E-state index contributed by atoms with van der Waals surface area (Å²) in [6.45, 7) is 7.56. The van der Waals surface area contributed by atoms with E-state index in [1.54, 1.807) is 6.26 Å². The molecule has 2 aliphatic heterocycles. The minimum Gasteiger partial charge on any atom is -0.464 e. The fourth-order valence-corrected chi connectivity index (χ4v) is 9.27. The fraction of sp³-hybridized carbons (Fsp3) is 0.548. The van der Waals surface area contributed by atoms with E-state index in [2.05, 4.69) is 25.5 Å². The Morgan fingerprint density at radius 3 is 2.75 bits per heavy atom. The molecule has 40 heavy (non-hydrogen) atoms. The summed E-state index contributed by atoms with van der Waals surface area (Å²) >= 11 is 0. The molecule has 2 aromatic carbocycles. The van der Waals surface area contributed by atoms with E-state index < -0.39 is 28.7 Å². The molecule has 2 bridgehead atoms. The van der Waals surface area contributed by atoms with Crippen molar-refractivity contribution in [1.82, 2.24) is 4.72 Å². The number of sulfonamides is 1. The number of hydrogen-bond acceptors (Lipinski definition) is 6. The molecule has 3 heterocycles. The Morgan fingerprint density at radius 1 is 1.10 bits per heavy atom. The summed E-state index contributed by atoms with van der Waals surface area (Å²) in [7, 11) is -4.42. The van der Waals surface area contributed by atoms with Crippen molar-refractivity contribution < 1.29 is 26.9 Å². The highest BCUT2D eigenvalue weighted by atomic mass is 32.2. The summed E-state index contributed by atoms with van der Waals surface area (Å²) in [5.41, 5.74) is 3.26. The zero-order valence-electron chi connectivity index (χ0n) is 23.5. The Morgan fingerprint density at radius 2 is 1.95 bits per heavy atom. The molecule has 0 radical (unpaired) electrons. The van der Waals surface area contributed by atoms with Crippen LogP contribution in [-0.4, -0.2) is 39.8 Å². The first-order valence-electron chi connectivity index (χ1n) is 14.6. The van der Waals surface area contributed by atoms with E-state index in [0.717, 1.165) is 59.9 Å². The van der Waals surface area contributed by atoms with E-state index in [1.165, 1.54) is 0 Å². The molecule has 3 aromatic rings. The Labute approximate surface area is 237 Å². The lowest BCUT2D eigenvalue weighted by Crippen LogP contribution is -2.65. The van der Waals surface area contributed by atoms with Crippen LogP contribution in [0.3, 0.4) is 0 Å². The zero-order chi connectivity index (χ0) is 27.7. The van der Waals surface area contributed by atoms with Gasteiger partial charge in [0.25, 0.3) is 0 Å². The van der Waals surface area contributed by atoms with Crippen molar-refractivity contribution in [2.75, 3.05) is 6.61 Å². The Kier molecular flexibility index (Phi) is 6.48. The van der Waals surface area contributed by atoms with Crippen LogP contribution in [0.2, 0.25) is 0 Å². The second kappa shape index (κ2) is 9.70. The van der Waals surface area contributed by atoms with Gasteiger partial charge in [-0.1, -0.05) is 56.3 Å². The SMILES string of the molecule is CC1(C)[C@@H]2C[C@H]3OB([C@H](Cc4coc5ccccc45)NS(=O)(=O)Cc4cccc(C5CCCO5)c4)O[C@@]3(C)[C@H]1C2. The van der Waals surface area contributed by atoms with Crippen LogP contribution < -0.4 is 4.72 Å². The summed E-state index contributed by atoms with van der Waals surface area (Å²) in [6.07, 6.45) is 6.20. The third kappa shape index (κ3) is 4.54. The first kappa shape index (κ1) is 26.7. The minimum atomic E-state index is -3.73. The van der Waals surface area contributed by atoms with Gasteiger partial charge in [0.1, 0.15) is 5.58 Å². The van der Waals surface area contributed by atoms with Crippen molar-refractivity contribution in [1.29, 1.82) is 0 Å². The van der Waals surface area contributed by atoms with Gasteiger partial charge >= 0.3 is 7.12 Å². The molecule has 0 spiro atoms. The maximum Gasteiger partial charge on any atom is 0.477 e. The molecule has 1 aromatic heterocycles. The van der Waals surface area contributed by atoms with Gasteiger partial charge in [0.15, 0.2) is 0 Å². The van der Waals surface area contributed by atoms with Crippen LogP contribution in [-0.2, 0) is 36.2 Å². The molecule has 5 fully saturated rings. The van der Waals surface area contributed by atoms with Gasteiger partial charge in [0.05, 0.1) is 35.8 Å². The van der Waals surface area contributed by atoms with Gasteiger partial charge in [0, 0.05) is 12.0 Å². The summed E-state index contributed by atoms with van der Waals surface area (Å²) in [6, 6.07) is 15.6. The maximum absolute atomic E-state index is 13.7. The summed E-state index contributed by atoms with van der Waals surface area (Å²) in [4.78, 5) is 0. The third-order valence-corrected chi connectivity index (χ3v) is 11.6. The minimum absolute atomic E-state index is 0.0366. The molecule has 3 aliphatic carbocycles. The van der Waals surface area contributed by atoms with E-state index in [0.29, 0.717) is 18.3 Å². The van der Waals surface area contributed by atoms with E-state index in [4.69, 9.17) is 18.5 Å². The number of nitrogens with one attached hydrogen (secondary N) is 1. The van der Waals surface area contributed by atoms with Gasteiger partial charge in [-0.15, -0.1) is 0 Å². The number of ether oxygens (including phenoxy) is 1. The molecule has 3 saturated carbocycles. The van der Waals surface area contributed by atoms with E-state index in [1.807, 2.05) is 48.5 Å². The molecule has 1 unspecified atom stereocenters. The van der Waals surface area contributed by atoms with Crippen LogP contribution in [0.4, 0.5) is 0 Å². The van der Waals surface area contributed by atoms with Crippen molar-refractivity contribution in [3.8, 4) is 0 Å². The molecule has 2 saturated heterocycles. The van der Waals surface area contributed by atoms with Crippen LogP contribution in [0.15, 0.2) is 59.2 Å². The van der Waals surface area contributed by atoms with Crippen LogP contribution >= 0.6 is 0 Å². The molecule has 7 nitrogen and oxygen atoms in total. The molecule has 8 rings (SSSR count). The van der Waals surface area contributed by atoms with Gasteiger partial charge in [-0.25, -0.2) is 13.1 Å². The number of furan rings is 1. The zero-order valence-corrected chi connectivity index (χ0v) is 24.3. The van der Waals surface area contributed by atoms with Crippen LogP contribution in [0.1, 0.15) is 69.2 Å². The number of fused-ring (bicyclic) bond motifs is 1. The van der Waals surface area contributed by atoms with Gasteiger partial charge < -0.3 is 18.5 Å². The van der Waals surface area contributed by atoms with Crippen molar-refractivity contribution in [3.63, 3.8) is 0 Å². The summed E-state index contributed by atoms with van der Waals surface area (Å²) in [5, 5.41) is 0.973. The standard InChI is InChI=1S/C31H38BNO6S/c1-30(2)23-16-27(30)31(3)28(17-23)38-32(39-31)29(15-22-18-37-26-11-5-4-10-24(22)26)33-40(34,35)19-20-8-6-9-21(14-20)25-12-7-13-36-25/h4-6,8-11,14,18,23,25,27-29,33H,7,12-13,15-17,19H2,1-3H3/t23-,25?,27-,28+,29-,31-/m0/s1. The maximum atomic E-state index is 13.7. The highest BCUT2D eigenvalue weighted by molar-refractivity contribution is 7.88. The molecule has 1 N–H and O–H groups in total. The van der Waals surface area contributed by atoms with Crippen molar-refractivity contribution >= 4 is 28.1 Å². The Bertz CT molecular complexity index is 1510. The van der Waals surface area contributed by atoms with Crippen LogP contribution in [0, 0.1) is 17.3 Å². The van der Waals surface area contributed by atoms with Gasteiger partial charge in [0.2, 0.25) is 10.0 Å². The van der Waals surface area contributed by atoms with Gasteiger partial charge in [-0.05, 0) is 79.0 Å². The highest BCUT2D eigenvalue weighted by Crippen LogP contribution is 2.65. The highest BCUT2D eigenvalue weighted by Gasteiger charge is 2.68. The lowest BCUT2D eigenvalue weighted by Gasteiger charge is -2.64. The van der Waals surface area contributed by atoms with Gasteiger partial charge in [-0.3, -0.25) is 0 Å². The number of hydrogen-bond donors (Lipinski definition) is 1. The largest absolute Gasteiger partial charge is 0.477 e. The van der Waals surface area contributed by atoms with Gasteiger partial charge in [-0.2, -0.15) is 0 Å². The average Bonchev–Trinajstić information content (AvgIpc) is 3.66. The fourth-order valence-electron chi connectivity index (χ4n) is 7.91. The predicted molar refractivity (Wildman–Crippen MR) is 154 cm³/mol. The summed E-state index contributed by atoms with van der Waals surface area (Å²) in [5.74, 6) is 0.278. The smallest absolute Gasteiger partial charge is 0.464 e. The second-order valence-electron chi connectivity index (χ2n) is 13.0. The topological polar surface area (TPSA) is 87.0 Å². The van der Waals surface area contributed by atoms with E-state index in [-0.39, 0.29) is 23.4 Å². The normalized spacial score (nSPS) is 31.7. The molecule has 0 amide bonds. The van der Waals surface area contributed by atoms with E-state index >= 15 is 0 Å². The lowest BCUT2D eigenvalue weighted by atomic mass is 9.43.